The van der Waals surface area contributed by atoms with Gasteiger partial charge in [0.15, 0.2) is 0 Å². The number of methoxy groups -OCH3 is 2. The second-order valence-electron chi connectivity index (χ2n) is 5.32. The summed E-state index contributed by atoms with van der Waals surface area (Å²) in [5, 5.41) is 8.66. The van der Waals surface area contributed by atoms with E-state index in [4.69, 9.17) is 13.9 Å². The SMILES string of the molecule is COc1cc(OC)cc(-c2nnc(SCc3cn4cccnc4n3)o2)c1. The topological polar surface area (TPSA) is 87.6 Å². The lowest BCUT2D eigenvalue weighted by atomic mass is 10.2. The van der Waals surface area contributed by atoms with Gasteiger partial charge in [0.1, 0.15) is 11.5 Å². The number of imidazole rings is 1. The Hall–Kier alpha value is -3.07. The summed E-state index contributed by atoms with van der Waals surface area (Å²) in [6.45, 7) is 0. The number of rotatable bonds is 6. The molecule has 132 valence electrons. The second-order valence-corrected chi connectivity index (χ2v) is 6.25. The Morgan fingerprint density at radius 2 is 1.92 bits per heavy atom. The van der Waals surface area contributed by atoms with Gasteiger partial charge in [-0.2, -0.15) is 0 Å². The van der Waals surface area contributed by atoms with Gasteiger partial charge in [-0.1, -0.05) is 11.8 Å². The van der Waals surface area contributed by atoms with Crippen molar-refractivity contribution in [2.75, 3.05) is 14.2 Å². The van der Waals surface area contributed by atoms with Crippen molar-refractivity contribution in [1.29, 1.82) is 0 Å². The first kappa shape index (κ1) is 16.4. The number of aromatic nitrogens is 5. The van der Waals surface area contributed by atoms with Crippen LogP contribution in [0.15, 0.2) is 52.5 Å². The fourth-order valence-electron chi connectivity index (χ4n) is 2.40. The van der Waals surface area contributed by atoms with Crippen molar-refractivity contribution in [3.8, 4) is 23.0 Å². The zero-order valence-electron chi connectivity index (χ0n) is 14.1. The van der Waals surface area contributed by atoms with Crippen LogP contribution in [0.1, 0.15) is 5.69 Å². The van der Waals surface area contributed by atoms with Crippen molar-refractivity contribution in [3.05, 3.63) is 48.5 Å². The molecular formula is C17H15N5O3S. The number of fused-ring (bicyclic) bond motifs is 1. The summed E-state index contributed by atoms with van der Waals surface area (Å²) in [5.41, 5.74) is 1.62. The smallest absolute Gasteiger partial charge is 0.277 e. The molecule has 0 aliphatic heterocycles. The van der Waals surface area contributed by atoms with Crippen molar-refractivity contribution < 1.29 is 13.9 Å². The molecule has 3 aromatic heterocycles. The van der Waals surface area contributed by atoms with Crippen molar-refractivity contribution in [1.82, 2.24) is 24.6 Å². The quantitative estimate of drug-likeness (QED) is 0.479. The highest BCUT2D eigenvalue weighted by molar-refractivity contribution is 7.98. The minimum absolute atomic E-state index is 0.404. The molecule has 3 heterocycles. The van der Waals surface area contributed by atoms with E-state index in [1.165, 1.54) is 11.8 Å². The third kappa shape index (κ3) is 3.33. The van der Waals surface area contributed by atoms with Gasteiger partial charge in [-0.25, -0.2) is 9.97 Å². The van der Waals surface area contributed by atoms with Crippen LogP contribution in [-0.4, -0.2) is 38.8 Å². The van der Waals surface area contributed by atoms with E-state index in [1.54, 1.807) is 26.5 Å². The van der Waals surface area contributed by atoms with Crippen LogP contribution < -0.4 is 9.47 Å². The van der Waals surface area contributed by atoms with E-state index in [2.05, 4.69) is 20.2 Å². The van der Waals surface area contributed by atoms with Crippen LogP contribution in [0.25, 0.3) is 17.2 Å². The van der Waals surface area contributed by atoms with Crippen LogP contribution in [0.5, 0.6) is 11.5 Å². The molecule has 0 N–H and O–H groups in total. The highest BCUT2D eigenvalue weighted by Gasteiger charge is 2.13. The monoisotopic (exact) mass is 369 g/mol. The van der Waals surface area contributed by atoms with E-state index in [-0.39, 0.29) is 0 Å². The van der Waals surface area contributed by atoms with Crippen LogP contribution in [0, 0.1) is 0 Å². The van der Waals surface area contributed by atoms with Gasteiger partial charge in [-0.15, -0.1) is 10.2 Å². The Morgan fingerprint density at radius 1 is 1.12 bits per heavy atom. The molecule has 4 aromatic rings. The zero-order chi connectivity index (χ0) is 17.9. The molecule has 0 aliphatic rings. The molecule has 9 heteroatoms. The van der Waals surface area contributed by atoms with Crippen LogP contribution in [-0.2, 0) is 5.75 Å². The Labute approximate surface area is 153 Å². The van der Waals surface area contributed by atoms with E-state index < -0.39 is 0 Å². The number of hydrogen-bond acceptors (Lipinski definition) is 8. The third-order valence-corrected chi connectivity index (χ3v) is 4.49. The molecule has 26 heavy (non-hydrogen) atoms. The van der Waals surface area contributed by atoms with Crippen molar-refractivity contribution >= 4 is 17.5 Å². The number of hydrogen-bond donors (Lipinski definition) is 0. The van der Waals surface area contributed by atoms with Crippen molar-refractivity contribution in [2.45, 2.75) is 11.0 Å². The predicted molar refractivity (Wildman–Crippen MR) is 95.4 cm³/mol. The summed E-state index contributed by atoms with van der Waals surface area (Å²) in [5.74, 6) is 2.99. The Kier molecular flexibility index (Phi) is 4.44. The minimum Gasteiger partial charge on any atom is -0.497 e. The van der Waals surface area contributed by atoms with Crippen LogP contribution in [0.4, 0.5) is 0 Å². The fraction of sp³-hybridized carbons (Fsp3) is 0.176. The van der Waals surface area contributed by atoms with E-state index in [0.717, 1.165) is 11.3 Å². The Morgan fingerprint density at radius 3 is 2.65 bits per heavy atom. The first-order valence-corrected chi connectivity index (χ1v) is 8.72. The molecular weight excluding hydrogens is 354 g/mol. The summed E-state index contributed by atoms with van der Waals surface area (Å²) in [6, 6.07) is 7.28. The van der Waals surface area contributed by atoms with Gasteiger partial charge in [0.2, 0.25) is 11.7 Å². The van der Waals surface area contributed by atoms with Crippen LogP contribution >= 0.6 is 11.8 Å². The number of thioether (sulfide) groups is 1. The molecule has 0 bridgehead atoms. The number of ether oxygens (including phenoxy) is 2. The molecule has 0 amide bonds. The molecule has 1 aromatic carbocycles. The zero-order valence-corrected chi connectivity index (χ0v) is 14.9. The Balaban J connectivity index is 1.51. The first-order chi connectivity index (χ1) is 12.7. The van der Waals surface area contributed by atoms with Gasteiger partial charge in [-0.05, 0) is 18.2 Å². The van der Waals surface area contributed by atoms with E-state index in [1.807, 2.05) is 35.0 Å². The lowest BCUT2D eigenvalue weighted by molar-refractivity contribution is 0.394. The maximum absolute atomic E-state index is 5.74. The third-order valence-electron chi connectivity index (χ3n) is 3.63. The van der Waals surface area contributed by atoms with Gasteiger partial charge in [0.25, 0.3) is 5.22 Å². The Bertz CT molecular complexity index is 990. The summed E-state index contributed by atoms with van der Waals surface area (Å²) in [4.78, 5) is 8.65. The molecule has 0 saturated carbocycles. The van der Waals surface area contributed by atoms with Gasteiger partial charge in [-0.3, -0.25) is 4.40 Å². The van der Waals surface area contributed by atoms with Crippen molar-refractivity contribution in [2.24, 2.45) is 0 Å². The summed E-state index contributed by atoms with van der Waals surface area (Å²) in [7, 11) is 3.19. The fourth-order valence-corrected chi connectivity index (χ4v) is 3.05. The first-order valence-electron chi connectivity index (χ1n) is 7.73. The van der Waals surface area contributed by atoms with E-state index in [9.17, 15) is 0 Å². The highest BCUT2D eigenvalue weighted by atomic mass is 32.2. The maximum Gasteiger partial charge on any atom is 0.277 e. The highest BCUT2D eigenvalue weighted by Crippen LogP contribution is 2.31. The standard InChI is InChI=1S/C17H15N5O3S/c1-23-13-6-11(7-14(8-13)24-2)15-20-21-17(25-15)26-10-12-9-22-5-3-4-18-16(22)19-12/h3-9H,10H2,1-2H3. The van der Waals surface area contributed by atoms with Crippen LogP contribution in [0.3, 0.4) is 0 Å². The average molecular weight is 369 g/mol. The second kappa shape index (κ2) is 7.04. The number of nitrogens with zero attached hydrogens (tertiary/aromatic N) is 5. The van der Waals surface area contributed by atoms with Gasteiger partial charge >= 0.3 is 0 Å². The van der Waals surface area contributed by atoms with Gasteiger partial charge in [0.05, 0.1) is 19.9 Å². The molecule has 4 rings (SSSR count). The molecule has 0 saturated heterocycles. The van der Waals surface area contributed by atoms with Gasteiger partial charge in [0, 0.05) is 36.0 Å². The number of benzene rings is 1. The summed E-state index contributed by atoms with van der Waals surface area (Å²) >= 11 is 1.42. The maximum atomic E-state index is 5.74. The molecule has 0 radical (unpaired) electrons. The molecule has 8 nitrogen and oxygen atoms in total. The van der Waals surface area contributed by atoms with Gasteiger partial charge < -0.3 is 13.9 Å². The molecule has 0 atom stereocenters. The molecule has 0 unspecified atom stereocenters. The summed E-state index contributed by atoms with van der Waals surface area (Å²) in [6.07, 6.45) is 5.55. The summed E-state index contributed by atoms with van der Waals surface area (Å²) < 4.78 is 18.2. The van der Waals surface area contributed by atoms with E-state index in [0.29, 0.717) is 34.1 Å². The lowest BCUT2D eigenvalue weighted by Gasteiger charge is -2.05. The molecule has 0 fully saturated rings. The lowest BCUT2D eigenvalue weighted by Crippen LogP contribution is -1.88. The molecule has 0 spiro atoms. The predicted octanol–water partition coefficient (Wildman–Crippen LogP) is 3.09. The minimum atomic E-state index is 0.404. The van der Waals surface area contributed by atoms with E-state index >= 15 is 0 Å². The molecule has 0 aliphatic carbocycles. The average Bonchev–Trinajstić information content (AvgIpc) is 3.32. The normalized spacial score (nSPS) is 11.0. The largest absolute Gasteiger partial charge is 0.497 e. The van der Waals surface area contributed by atoms with Crippen LogP contribution in [0.2, 0.25) is 0 Å². The van der Waals surface area contributed by atoms with Crippen molar-refractivity contribution in [3.63, 3.8) is 0 Å².